The summed E-state index contributed by atoms with van der Waals surface area (Å²) < 4.78 is 5.66. The maximum Gasteiger partial charge on any atom is 0.224 e. The number of anilines is 4. The Morgan fingerprint density at radius 3 is 2.61 bits per heavy atom. The molecule has 0 aliphatic carbocycles. The normalized spacial score (nSPS) is 20.4. The highest BCUT2D eigenvalue weighted by atomic mass is 16.5. The smallest absolute Gasteiger partial charge is 0.224 e. The van der Waals surface area contributed by atoms with Crippen molar-refractivity contribution in [1.29, 1.82) is 0 Å². The first-order valence-electron chi connectivity index (χ1n) is 10.2. The van der Waals surface area contributed by atoms with Gasteiger partial charge in [-0.05, 0) is 51.1 Å². The van der Waals surface area contributed by atoms with Crippen LogP contribution in [0.25, 0.3) is 0 Å². The molecule has 0 radical (unpaired) electrons. The van der Waals surface area contributed by atoms with Crippen LogP contribution >= 0.6 is 0 Å². The summed E-state index contributed by atoms with van der Waals surface area (Å²) in [6.45, 7) is 7.98. The van der Waals surface area contributed by atoms with Gasteiger partial charge in [-0.15, -0.1) is 0 Å². The van der Waals surface area contributed by atoms with E-state index in [0.717, 1.165) is 69.4 Å². The van der Waals surface area contributed by atoms with Gasteiger partial charge in [-0.3, -0.25) is 0 Å². The van der Waals surface area contributed by atoms with Crippen molar-refractivity contribution in [2.45, 2.75) is 25.9 Å². The number of aryl methyl sites for hydroxylation is 1. The summed E-state index contributed by atoms with van der Waals surface area (Å²) in [6, 6.07) is 10.6. The van der Waals surface area contributed by atoms with Crippen molar-refractivity contribution in [1.82, 2.24) is 14.9 Å². The van der Waals surface area contributed by atoms with Gasteiger partial charge in [-0.25, -0.2) is 4.98 Å². The molecule has 1 unspecified atom stereocenters. The van der Waals surface area contributed by atoms with Crippen LogP contribution in [0.1, 0.15) is 18.5 Å². The quantitative estimate of drug-likeness (QED) is 0.796. The molecule has 2 saturated heterocycles. The van der Waals surface area contributed by atoms with E-state index in [1.54, 1.807) is 0 Å². The molecular formula is C21H30N6O. The van der Waals surface area contributed by atoms with E-state index in [-0.39, 0.29) is 6.10 Å². The molecule has 1 aromatic heterocycles. The summed E-state index contributed by atoms with van der Waals surface area (Å²) in [7, 11) is 2.18. The zero-order chi connectivity index (χ0) is 19.3. The van der Waals surface area contributed by atoms with Gasteiger partial charge in [-0.2, -0.15) is 4.98 Å². The SMILES string of the molecule is Cc1cc(Nc2ccc(N3CCN(C)CC3)cc2)nc(NCC2CCCO2)n1. The van der Waals surface area contributed by atoms with Crippen molar-refractivity contribution in [3.05, 3.63) is 36.0 Å². The van der Waals surface area contributed by atoms with Crippen LogP contribution in [-0.4, -0.2) is 67.4 Å². The second-order valence-electron chi connectivity index (χ2n) is 7.70. The Hall–Kier alpha value is -2.38. The Bertz CT molecular complexity index is 767. The molecule has 0 amide bonds. The Morgan fingerprint density at radius 2 is 1.89 bits per heavy atom. The van der Waals surface area contributed by atoms with E-state index in [9.17, 15) is 0 Å². The van der Waals surface area contributed by atoms with Crippen LogP contribution in [0.15, 0.2) is 30.3 Å². The molecule has 0 spiro atoms. The molecule has 2 aromatic rings. The fraction of sp³-hybridized carbons (Fsp3) is 0.524. The largest absolute Gasteiger partial charge is 0.376 e. The number of nitrogens with one attached hydrogen (secondary N) is 2. The molecular weight excluding hydrogens is 352 g/mol. The molecule has 2 N–H and O–H groups in total. The maximum atomic E-state index is 5.66. The lowest BCUT2D eigenvalue weighted by Crippen LogP contribution is -2.44. The maximum absolute atomic E-state index is 5.66. The minimum atomic E-state index is 0.266. The summed E-state index contributed by atoms with van der Waals surface area (Å²) in [4.78, 5) is 13.9. The van der Waals surface area contributed by atoms with Crippen molar-refractivity contribution >= 4 is 23.1 Å². The zero-order valence-corrected chi connectivity index (χ0v) is 16.8. The predicted molar refractivity (Wildman–Crippen MR) is 114 cm³/mol. The number of rotatable bonds is 6. The molecule has 0 saturated carbocycles. The number of hydrogen-bond acceptors (Lipinski definition) is 7. The van der Waals surface area contributed by atoms with Gasteiger partial charge in [0.1, 0.15) is 5.82 Å². The minimum absolute atomic E-state index is 0.266. The number of hydrogen-bond donors (Lipinski definition) is 2. The molecule has 7 heteroatoms. The highest BCUT2D eigenvalue weighted by molar-refractivity contribution is 5.61. The van der Waals surface area contributed by atoms with Crippen LogP contribution in [0.3, 0.4) is 0 Å². The van der Waals surface area contributed by atoms with Crippen molar-refractivity contribution in [3.8, 4) is 0 Å². The highest BCUT2D eigenvalue weighted by Gasteiger charge is 2.16. The van der Waals surface area contributed by atoms with Crippen molar-refractivity contribution in [2.24, 2.45) is 0 Å². The van der Waals surface area contributed by atoms with E-state index in [4.69, 9.17) is 4.74 Å². The molecule has 2 aliphatic rings. The van der Waals surface area contributed by atoms with E-state index in [2.05, 4.69) is 61.7 Å². The molecule has 2 fully saturated rings. The number of ether oxygens (including phenoxy) is 1. The van der Waals surface area contributed by atoms with E-state index in [0.29, 0.717) is 5.95 Å². The average Bonchev–Trinajstić information content (AvgIpc) is 3.21. The zero-order valence-electron chi connectivity index (χ0n) is 16.8. The third-order valence-corrected chi connectivity index (χ3v) is 5.37. The fourth-order valence-electron chi connectivity index (χ4n) is 3.69. The fourth-order valence-corrected chi connectivity index (χ4v) is 3.69. The molecule has 150 valence electrons. The van der Waals surface area contributed by atoms with Gasteiger partial charge in [-0.1, -0.05) is 0 Å². The molecule has 1 aromatic carbocycles. The van der Waals surface area contributed by atoms with Gasteiger partial charge in [0.15, 0.2) is 0 Å². The summed E-state index contributed by atoms with van der Waals surface area (Å²) in [5, 5.41) is 6.71. The number of piperazine rings is 1. The summed E-state index contributed by atoms with van der Waals surface area (Å²) >= 11 is 0. The highest BCUT2D eigenvalue weighted by Crippen LogP contribution is 2.22. The third-order valence-electron chi connectivity index (χ3n) is 5.37. The second kappa shape index (κ2) is 8.75. The Balaban J connectivity index is 1.37. The second-order valence-corrected chi connectivity index (χ2v) is 7.70. The molecule has 28 heavy (non-hydrogen) atoms. The van der Waals surface area contributed by atoms with Gasteiger partial charge in [0.05, 0.1) is 6.10 Å². The van der Waals surface area contributed by atoms with Crippen LogP contribution < -0.4 is 15.5 Å². The summed E-state index contributed by atoms with van der Waals surface area (Å²) in [5.41, 5.74) is 3.24. The standard InChI is InChI=1S/C21H30N6O/c1-16-14-20(25-21(23-16)22-15-19-4-3-13-28-19)24-17-5-7-18(8-6-17)27-11-9-26(2)10-12-27/h5-8,14,19H,3-4,9-13,15H2,1-2H3,(H2,22,23,24,25). The lowest BCUT2D eigenvalue weighted by atomic mass is 10.2. The molecule has 7 nitrogen and oxygen atoms in total. The Morgan fingerprint density at radius 1 is 1.11 bits per heavy atom. The van der Waals surface area contributed by atoms with Gasteiger partial charge in [0.2, 0.25) is 5.95 Å². The summed E-state index contributed by atoms with van der Waals surface area (Å²) in [5.74, 6) is 1.45. The van der Waals surface area contributed by atoms with Crippen LogP contribution in [0.4, 0.5) is 23.1 Å². The summed E-state index contributed by atoms with van der Waals surface area (Å²) in [6.07, 6.45) is 2.50. The van der Waals surface area contributed by atoms with Gasteiger partial charge in [0, 0.05) is 62.5 Å². The average molecular weight is 383 g/mol. The molecule has 2 aliphatic heterocycles. The van der Waals surface area contributed by atoms with E-state index < -0.39 is 0 Å². The molecule has 3 heterocycles. The van der Waals surface area contributed by atoms with Crippen molar-refractivity contribution in [2.75, 3.05) is 61.9 Å². The monoisotopic (exact) mass is 382 g/mol. The predicted octanol–water partition coefficient (Wildman–Crippen LogP) is 2.87. The number of benzene rings is 1. The van der Waals surface area contributed by atoms with Crippen molar-refractivity contribution < 1.29 is 4.74 Å². The van der Waals surface area contributed by atoms with Gasteiger partial charge in [0.25, 0.3) is 0 Å². The first-order chi connectivity index (χ1) is 13.7. The molecule has 1 atom stereocenters. The molecule has 4 rings (SSSR count). The molecule has 0 bridgehead atoms. The first kappa shape index (κ1) is 19.0. The van der Waals surface area contributed by atoms with Crippen LogP contribution in [-0.2, 0) is 4.74 Å². The lowest BCUT2D eigenvalue weighted by molar-refractivity contribution is 0.120. The number of nitrogens with zero attached hydrogens (tertiary/aromatic N) is 4. The van der Waals surface area contributed by atoms with E-state index in [1.165, 1.54) is 5.69 Å². The van der Waals surface area contributed by atoms with E-state index >= 15 is 0 Å². The number of likely N-dealkylation sites (N-methyl/N-ethyl adjacent to an activating group) is 1. The third kappa shape index (κ3) is 4.91. The number of aromatic nitrogens is 2. The first-order valence-corrected chi connectivity index (χ1v) is 10.2. The van der Waals surface area contributed by atoms with Gasteiger partial charge < -0.3 is 25.2 Å². The Kier molecular flexibility index (Phi) is 5.92. The van der Waals surface area contributed by atoms with Crippen molar-refractivity contribution in [3.63, 3.8) is 0 Å². The Labute approximate surface area is 167 Å². The van der Waals surface area contributed by atoms with Crippen LogP contribution in [0.5, 0.6) is 0 Å². The van der Waals surface area contributed by atoms with E-state index in [1.807, 2.05) is 13.0 Å². The lowest BCUT2D eigenvalue weighted by Gasteiger charge is -2.34. The topological polar surface area (TPSA) is 65.5 Å². The van der Waals surface area contributed by atoms with Crippen LogP contribution in [0, 0.1) is 6.92 Å². The van der Waals surface area contributed by atoms with Crippen LogP contribution in [0.2, 0.25) is 0 Å². The minimum Gasteiger partial charge on any atom is -0.376 e. The van der Waals surface area contributed by atoms with Gasteiger partial charge >= 0.3 is 0 Å².